The Kier molecular flexibility index (Phi) is 5.21. The lowest BCUT2D eigenvalue weighted by atomic mass is 9.79. The second kappa shape index (κ2) is 7.14. The van der Waals surface area contributed by atoms with Gasteiger partial charge in [0.25, 0.3) is 0 Å². The summed E-state index contributed by atoms with van der Waals surface area (Å²) in [4.78, 5) is 0. The van der Waals surface area contributed by atoms with Crippen molar-refractivity contribution in [2.24, 2.45) is 11.8 Å². The van der Waals surface area contributed by atoms with Gasteiger partial charge in [-0.3, -0.25) is 0 Å². The molecule has 1 aliphatic carbocycles. The van der Waals surface area contributed by atoms with Gasteiger partial charge in [0.15, 0.2) is 0 Å². The smallest absolute Gasteiger partial charge is 0.0991 e. The number of benzene rings is 1. The third kappa shape index (κ3) is 4.24. The van der Waals surface area contributed by atoms with Gasteiger partial charge in [-0.15, -0.1) is 0 Å². The second-order valence-electron chi connectivity index (χ2n) is 5.65. The van der Waals surface area contributed by atoms with Gasteiger partial charge in [-0.05, 0) is 75.0 Å². The van der Waals surface area contributed by atoms with E-state index in [1.54, 1.807) is 0 Å². The standard InChI is InChI=1S/C18H23N/c1-2-3-15-4-6-16(7-5-15)8-9-17-10-12-18(14-19)13-11-17/h2-3,10-13,15-16H,4-9H2,1H3/b3-2-/t15-,16-. The molecule has 0 atom stereocenters. The molecule has 0 saturated heterocycles. The first-order chi connectivity index (χ1) is 9.31. The average molecular weight is 253 g/mol. The first-order valence-electron chi connectivity index (χ1n) is 7.43. The molecule has 100 valence electrons. The quantitative estimate of drug-likeness (QED) is 0.702. The molecule has 0 aromatic heterocycles. The number of allylic oxidation sites excluding steroid dienone is 2. The Hall–Kier alpha value is -1.55. The topological polar surface area (TPSA) is 23.8 Å². The largest absolute Gasteiger partial charge is 0.192 e. The zero-order valence-electron chi connectivity index (χ0n) is 11.8. The minimum absolute atomic E-state index is 0.760. The Morgan fingerprint density at radius 2 is 1.84 bits per heavy atom. The summed E-state index contributed by atoms with van der Waals surface area (Å²) in [6.45, 7) is 2.12. The van der Waals surface area contributed by atoms with Crippen molar-refractivity contribution < 1.29 is 0 Å². The number of rotatable bonds is 4. The fraction of sp³-hybridized carbons (Fsp3) is 0.500. The van der Waals surface area contributed by atoms with Crippen LogP contribution in [0.4, 0.5) is 0 Å². The molecule has 2 rings (SSSR count). The second-order valence-corrected chi connectivity index (χ2v) is 5.65. The number of hydrogen-bond donors (Lipinski definition) is 0. The predicted molar refractivity (Wildman–Crippen MR) is 79.7 cm³/mol. The normalized spacial score (nSPS) is 23.4. The number of aryl methyl sites for hydroxylation is 1. The Bertz CT molecular complexity index is 442. The highest BCUT2D eigenvalue weighted by atomic mass is 14.2. The minimum Gasteiger partial charge on any atom is -0.192 e. The van der Waals surface area contributed by atoms with Crippen molar-refractivity contribution >= 4 is 0 Å². The zero-order chi connectivity index (χ0) is 13.5. The van der Waals surface area contributed by atoms with Crippen molar-refractivity contribution in [2.75, 3.05) is 0 Å². The highest BCUT2D eigenvalue weighted by molar-refractivity contribution is 5.31. The predicted octanol–water partition coefficient (Wildman–Crippen LogP) is 4.87. The number of hydrogen-bond acceptors (Lipinski definition) is 1. The SMILES string of the molecule is C/C=C\[C@H]1CC[C@H](CCc2ccc(C#N)cc2)CC1. The highest BCUT2D eigenvalue weighted by Crippen LogP contribution is 2.32. The molecule has 1 nitrogen and oxygen atoms in total. The van der Waals surface area contributed by atoms with Crippen molar-refractivity contribution in [3.63, 3.8) is 0 Å². The molecule has 0 bridgehead atoms. The molecule has 0 aliphatic heterocycles. The molecule has 1 heteroatoms. The van der Waals surface area contributed by atoms with E-state index in [-0.39, 0.29) is 0 Å². The lowest BCUT2D eigenvalue weighted by Gasteiger charge is -2.26. The van der Waals surface area contributed by atoms with Crippen molar-refractivity contribution in [3.05, 3.63) is 47.5 Å². The summed E-state index contributed by atoms with van der Waals surface area (Å²) in [6.07, 6.45) is 12.5. The molecule has 0 radical (unpaired) electrons. The van der Waals surface area contributed by atoms with Gasteiger partial charge < -0.3 is 0 Å². The molecule has 1 saturated carbocycles. The van der Waals surface area contributed by atoms with Crippen molar-refractivity contribution in [2.45, 2.75) is 45.4 Å². The molecule has 19 heavy (non-hydrogen) atoms. The van der Waals surface area contributed by atoms with Gasteiger partial charge in [-0.1, -0.05) is 24.3 Å². The first kappa shape index (κ1) is 13.9. The minimum atomic E-state index is 0.760. The maximum atomic E-state index is 8.78. The Labute approximate surface area is 117 Å². The van der Waals surface area contributed by atoms with E-state index in [1.165, 1.54) is 37.7 Å². The van der Waals surface area contributed by atoms with Crippen molar-refractivity contribution in [1.29, 1.82) is 5.26 Å². The van der Waals surface area contributed by atoms with Crippen LogP contribution in [-0.4, -0.2) is 0 Å². The summed E-state index contributed by atoms with van der Waals surface area (Å²) >= 11 is 0. The van der Waals surface area contributed by atoms with Gasteiger partial charge in [-0.2, -0.15) is 5.26 Å². The van der Waals surface area contributed by atoms with Crippen LogP contribution in [0.3, 0.4) is 0 Å². The maximum absolute atomic E-state index is 8.78. The van der Waals surface area contributed by atoms with E-state index in [4.69, 9.17) is 5.26 Å². The summed E-state index contributed by atoms with van der Waals surface area (Å²) in [5.41, 5.74) is 2.13. The number of nitrogens with zero attached hydrogens (tertiary/aromatic N) is 1. The summed E-state index contributed by atoms with van der Waals surface area (Å²) < 4.78 is 0. The van der Waals surface area contributed by atoms with Crippen LogP contribution in [0.5, 0.6) is 0 Å². The van der Waals surface area contributed by atoms with Gasteiger partial charge >= 0.3 is 0 Å². The van der Waals surface area contributed by atoms with Crippen LogP contribution in [0.2, 0.25) is 0 Å². The van der Waals surface area contributed by atoms with Crippen molar-refractivity contribution in [1.82, 2.24) is 0 Å². The Morgan fingerprint density at radius 1 is 1.16 bits per heavy atom. The summed E-state index contributed by atoms with van der Waals surface area (Å²) in [5, 5.41) is 8.78. The van der Waals surface area contributed by atoms with Crippen LogP contribution >= 0.6 is 0 Å². The van der Waals surface area contributed by atoms with Gasteiger partial charge in [0, 0.05) is 0 Å². The molecule has 1 aromatic carbocycles. The maximum Gasteiger partial charge on any atom is 0.0991 e. The van der Waals surface area contributed by atoms with E-state index in [0.717, 1.165) is 23.8 Å². The van der Waals surface area contributed by atoms with Gasteiger partial charge in [0.05, 0.1) is 11.6 Å². The van der Waals surface area contributed by atoms with E-state index >= 15 is 0 Å². The first-order valence-corrected chi connectivity index (χ1v) is 7.43. The third-order valence-corrected chi connectivity index (χ3v) is 4.28. The van der Waals surface area contributed by atoms with E-state index < -0.39 is 0 Å². The van der Waals surface area contributed by atoms with E-state index in [9.17, 15) is 0 Å². The molecule has 0 spiro atoms. The highest BCUT2D eigenvalue weighted by Gasteiger charge is 2.18. The van der Waals surface area contributed by atoms with Crippen molar-refractivity contribution in [3.8, 4) is 6.07 Å². The molecule has 0 heterocycles. The molecule has 0 unspecified atom stereocenters. The van der Waals surface area contributed by atoms with E-state index in [1.807, 2.05) is 12.1 Å². The summed E-state index contributed by atoms with van der Waals surface area (Å²) in [5.74, 6) is 1.73. The van der Waals surface area contributed by atoms with Gasteiger partial charge in [-0.25, -0.2) is 0 Å². The molecule has 1 aliphatic rings. The van der Waals surface area contributed by atoms with Gasteiger partial charge in [0.2, 0.25) is 0 Å². The fourth-order valence-electron chi connectivity index (χ4n) is 3.06. The van der Waals surface area contributed by atoms with Gasteiger partial charge in [0.1, 0.15) is 0 Å². The van der Waals surface area contributed by atoms with Crippen LogP contribution in [0, 0.1) is 23.2 Å². The molecule has 1 fully saturated rings. The molecule has 0 N–H and O–H groups in total. The van der Waals surface area contributed by atoms with Crippen LogP contribution < -0.4 is 0 Å². The molecule has 1 aromatic rings. The zero-order valence-corrected chi connectivity index (χ0v) is 11.8. The van der Waals surface area contributed by atoms with Crippen LogP contribution in [0.15, 0.2) is 36.4 Å². The summed E-state index contributed by atoms with van der Waals surface area (Å²) in [6, 6.07) is 10.2. The molecular formula is C18H23N. The Balaban J connectivity index is 1.75. The van der Waals surface area contributed by atoms with E-state index in [2.05, 4.69) is 37.3 Å². The third-order valence-electron chi connectivity index (χ3n) is 4.28. The van der Waals surface area contributed by atoms with Crippen LogP contribution in [-0.2, 0) is 6.42 Å². The lowest BCUT2D eigenvalue weighted by molar-refractivity contribution is 0.296. The number of nitriles is 1. The fourth-order valence-corrected chi connectivity index (χ4v) is 3.06. The monoisotopic (exact) mass is 253 g/mol. The van der Waals surface area contributed by atoms with Crippen LogP contribution in [0.25, 0.3) is 0 Å². The average Bonchev–Trinajstić information content (AvgIpc) is 2.47. The van der Waals surface area contributed by atoms with E-state index in [0.29, 0.717) is 0 Å². The molecule has 0 amide bonds. The van der Waals surface area contributed by atoms with Crippen LogP contribution in [0.1, 0.15) is 50.2 Å². The Morgan fingerprint density at radius 3 is 2.42 bits per heavy atom. The molecular weight excluding hydrogens is 230 g/mol. The lowest BCUT2D eigenvalue weighted by Crippen LogP contribution is -2.13. The summed E-state index contributed by atoms with van der Waals surface area (Å²) in [7, 11) is 0.